The van der Waals surface area contributed by atoms with Crippen molar-refractivity contribution in [2.45, 2.75) is 12.3 Å². The molecule has 0 amide bonds. The van der Waals surface area contributed by atoms with Crippen molar-refractivity contribution < 1.29 is 4.42 Å². The van der Waals surface area contributed by atoms with E-state index >= 15 is 0 Å². The van der Waals surface area contributed by atoms with E-state index in [4.69, 9.17) is 4.42 Å². The van der Waals surface area contributed by atoms with Crippen molar-refractivity contribution in [3.8, 4) is 33.4 Å². The first kappa shape index (κ1) is 32.3. The summed E-state index contributed by atoms with van der Waals surface area (Å²) in [5, 5.41) is 4.73. The van der Waals surface area contributed by atoms with E-state index in [0.29, 0.717) is 0 Å². The molecule has 0 N–H and O–H groups in total. The molecule has 2 nitrogen and oxygen atoms in total. The zero-order valence-corrected chi connectivity index (χ0v) is 31.0. The van der Waals surface area contributed by atoms with Crippen molar-refractivity contribution >= 4 is 49.8 Å². The van der Waals surface area contributed by atoms with E-state index in [9.17, 15) is 0 Å². The highest BCUT2D eigenvalue weighted by molar-refractivity contribution is 6.08. The summed E-state index contributed by atoms with van der Waals surface area (Å²) in [4.78, 5) is 2.35. The van der Waals surface area contributed by atoms with Crippen LogP contribution in [-0.2, 0) is 5.41 Å². The standard InChI is InChI=1S/C54H37NO/c1-54(48-21-9-7-18-44(48)45-19-8-10-22-49(45)54)50-23-12-20-46-47-35-40(31-34-52(47)56-53(46)50)38-27-25-36(26-28-38)37-29-32-42(33-30-37)55(41-15-3-2-4-16-41)51-24-11-14-39-13-5-6-17-43(39)51/h2-35H,1H3. The summed E-state index contributed by atoms with van der Waals surface area (Å²) in [6, 6.07) is 74.5. The summed E-state index contributed by atoms with van der Waals surface area (Å²) in [6.45, 7) is 2.35. The van der Waals surface area contributed by atoms with Crippen LogP contribution in [0.5, 0.6) is 0 Å². The zero-order chi connectivity index (χ0) is 37.2. The monoisotopic (exact) mass is 715 g/mol. The lowest BCUT2D eigenvalue weighted by atomic mass is 9.74. The predicted octanol–water partition coefficient (Wildman–Crippen LogP) is 14.9. The fraction of sp³-hybridized carbons (Fsp3) is 0.0370. The highest BCUT2D eigenvalue weighted by Gasteiger charge is 2.42. The van der Waals surface area contributed by atoms with Gasteiger partial charge in [-0.1, -0.05) is 164 Å². The largest absolute Gasteiger partial charge is 0.456 e. The molecule has 0 spiro atoms. The molecule has 2 heteroatoms. The quantitative estimate of drug-likeness (QED) is 0.170. The maximum atomic E-state index is 6.76. The molecular formula is C54H37NO. The van der Waals surface area contributed by atoms with Gasteiger partial charge in [0.1, 0.15) is 11.2 Å². The maximum Gasteiger partial charge on any atom is 0.139 e. The molecule has 0 radical (unpaired) electrons. The highest BCUT2D eigenvalue weighted by Crippen LogP contribution is 2.54. The fourth-order valence-corrected chi connectivity index (χ4v) is 9.18. The first-order valence-electron chi connectivity index (χ1n) is 19.3. The van der Waals surface area contributed by atoms with E-state index in [0.717, 1.165) is 39.0 Å². The van der Waals surface area contributed by atoms with Crippen LogP contribution >= 0.6 is 0 Å². The maximum absolute atomic E-state index is 6.76. The molecule has 0 atom stereocenters. The number of hydrogen-bond acceptors (Lipinski definition) is 2. The van der Waals surface area contributed by atoms with Gasteiger partial charge in [-0.05, 0) is 99.3 Å². The predicted molar refractivity (Wildman–Crippen MR) is 234 cm³/mol. The van der Waals surface area contributed by atoms with Gasteiger partial charge >= 0.3 is 0 Å². The fourth-order valence-electron chi connectivity index (χ4n) is 9.18. The average molecular weight is 716 g/mol. The Labute approximate surface area is 326 Å². The van der Waals surface area contributed by atoms with Crippen LogP contribution in [0.15, 0.2) is 211 Å². The molecule has 56 heavy (non-hydrogen) atoms. The van der Waals surface area contributed by atoms with Crippen molar-refractivity contribution in [1.82, 2.24) is 0 Å². The van der Waals surface area contributed by atoms with E-state index in [1.54, 1.807) is 0 Å². The Kier molecular flexibility index (Phi) is 7.33. The number of fused-ring (bicyclic) bond motifs is 7. The number of benzene rings is 9. The topological polar surface area (TPSA) is 16.4 Å². The minimum atomic E-state index is -0.326. The molecule has 0 bridgehead atoms. The Balaban J connectivity index is 0.928. The molecule has 1 aromatic heterocycles. The number of para-hydroxylation sites is 2. The Morgan fingerprint density at radius 3 is 1.64 bits per heavy atom. The van der Waals surface area contributed by atoms with Crippen LogP contribution in [0, 0.1) is 0 Å². The Morgan fingerprint density at radius 2 is 0.911 bits per heavy atom. The molecule has 0 aliphatic heterocycles. The van der Waals surface area contributed by atoms with Crippen LogP contribution in [0.3, 0.4) is 0 Å². The highest BCUT2D eigenvalue weighted by atomic mass is 16.3. The summed E-state index contributed by atoms with van der Waals surface area (Å²) in [5.41, 5.74) is 16.1. The smallest absolute Gasteiger partial charge is 0.139 e. The second kappa shape index (κ2) is 12.7. The van der Waals surface area contributed by atoms with Gasteiger partial charge in [0, 0.05) is 38.5 Å². The van der Waals surface area contributed by atoms with Crippen molar-refractivity contribution in [3.05, 3.63) is 223 Å². The molecule has 1 heterocycles. The molecule has 0 fully saturated rings. The van der Waals surface area contributed by atoms with Crippen molar-refractivity contribution in [2.75, 3.05) is 4.90 Å². The lowest BCUT2D eigenvalue weighted by Crippen LogP contribution is -2.22. The van der Waals surface area contributed by atoms with E-state index in [2.05, 4.69) is 218 Å². The molecule has 9 aromatic carbocycles. The van der Waals surface area contributed by atoms with E-state index in [1.807, 2.05) is 0 Å². The van der Waals surface area contributed by atoms with E-state index in [1.165, 1.54) is 60.8 Å². The van der Waals surface area contributed by atoms with Gasteiger partial charge in [-0.2, -0.15) is 0 Å². The minimum Gasteiger partial charge on any atom is -0.456 e. The summed E-state index contributed by atoms with van der Waals surface area (Å²) in [6.07, 6.45) is 0. The van der Waals surface area contributed by atoms with Crippen LogP contribution in [0.25, 0.3) is 66.1 Å². The number of rotatable bonds is 6. The lowest BCUT2D eigenvalue weighted by molar-refractivity contribution is 0.638. The third-order valence-electron chi connectivity index (χ3n) is 12.0. The normalized spacial score (nSPS) is 12.9. The first-order chi connectivity index (χ1) is 27.6. The molecule has 0 unspecified atom stereocenters. The van der Waals surface area contributed by atoms with Gasteiger partial charge in [-0.25, -0.2) is 0 Å². The summed E-state index contributed by atoms with van der Waals surface area (Å²) in [7, 11) is 0. The third kappa shape index (κ3) is 4.96. The average Bonchev–Trinajstić information content (AvgIpc) is 3.77. The zero-order valence-electron chi connectivity index (χ0n) is 31.0. The molecule has 10 aromatic rings. The first-order valence-corrected chi connectivity index (χ1v) is 19.3. The number of nitrogens with zero attached hydrogens (tertiary/aromatic N) is 1. The lowest BCUT2D eigenvalue weighted by Gasteiger charge is -2.28. The van der Waals surface area contributed by atoms with Gasteiger partial charge in [0.2, 0.25) is 0 Å². The van der Waals surface area contributed by atoms with Crippen molar-refractivity contribution in [2.24, 2.45) is 0 Å². The minimum absolute atomic E-state index is 0.326. The van der Waals surface area contributed by atoms with Crippen LogP contribution < -0.4 is 4.90 Å². The number of anilines is 3. The molecule has 0 saturated heterocycles. The van der Waals surface area contributed by atoms with Gasteiger partial charge in [-0.3, -0.25) is 0 Å². The van der Waals surface area contributed by atoms with Crippen LogP contribution in [0.2, 0.25) is 0 Å². The molecule has 0 saturated carbocycles. The SMILES string of the molecule is CC1(c2cccc3c2oc2ccc(-c4ccc(-c5ccc(N(c6ccccc6)c6cccc7ccccc67)cc5)cc4)cc23)c2ccccc2-c2ccccc21. The Morgan fingerprint density at radius 1 is 0.393 bits per heavy atom. The van der Waals surface area contributed by atoms with Gasteiger partial charge in [0.05, 0.1) is 5.69 Å². The van der Waals surface area contributed by atoms with Crippen molar-refractivity contribution in [3.63, 3.8) is 0 Å². The summed E-state index contributed by atoms with van der Waals surface area (Å²) < 4.78 is 6.76. The van der Waals surface area contributed by atoms with Gasteiger partial charge in [-0.15, -0.1) is 0 Å². The molecule has 1 aliphatic rings. The van der Waals surface area contributed by atoms with Crippen LogP contribution in [-0.4, -0.2) is 0 Å². The third-order valence-corrected chi connectivity index (χ3v) is 12.0. The van der Waals surface area contributed by atoms with Crippen LogP contribution in [0.4, 0.5) is 17.1 Å². The van der Waals surface area contributed by atoms with Gasteiger partial charge in [0.15, 0.2) is 0 Å². The van der Waals surface area contributed by atoms with Crippen molar-refractivity contribution in [1.29, 1.82) is 0 Å². The van der Waals surface area contributed by atoms with E-state index in [-0.39, 0.29) is 5.41 Å². The molecular weight excluding hydrogens is 679 g/mol. The molecule has 264 valence electrons. The number of furan rings is 1. The summed E-state index contributed by atoms with van der Waals surface area (Å²) >= 11 is 0. The van der Waals surface area contributed by atoms with Gasteiger partial charge in [0.25, 0.3) is 0 Å². The second-order valence-corrected chi connectivity index (χ2v) is 15.0. The van der Waals surface area contributed by atoms with Crippen LogP contribution in [0.1, 0.15) is 23.6 Å². The molecule has 11 rings (SSSR count). The van der Waals surface area contributed by atoms with Gasteiger partial charge < -0.3 is 9.32 Å². The summed E-state index contributed by atoms with van der Waals surface area (Å²) in [5.74, 6) is 0. The molecule has 1 aliphatic carbocycles. The Bertz CT molecular complexity index is 3030. The Hall–Kier alpha value is -7.16. The van der Waals surface area contributed by atoms with E-state index < -0.39 is 0 Å². The number of hydrogen-bond donors (Lipinski definition) is 0. The second-order valence-electron chi connectivity index (χ2n) is 15.0.